The molecule has 0 radical (unpaired) electrons. The van der Waals surface area contributed by atoms with Crippen LogP contribution in [-0.2, 0) is 12.8 Å². The van der Waals surface area contributed by atoms with Crippen LogP contribution in [0.25, 0.3) is 16.4 Å². The molecule has 3 aromatic rings. The molecule has 4 rings (SSSR count). The first-order valence-corrected chi connectivity index (χ1v) is 10.3. The zero-order valence-electron chi connectivity index (χ0n) is 15.1. The summed E-state index contributed by atoms with van der Waals surface area (Å²) in [5, 5.41) is 1.35. The highest BCUT2D eigenvalue weighted by Crippen LogP contribution is 2.37. The van der Waals surface area contributed by atoms with E-state index >= 15 is 0 Å². The standard InChI is InChI=1S/C22H27ClN2/c1-2-8-17-15-24-22(16-9-4-3-5-10-16)25-20-12-7-6-11-18(20)19(13-14-23)21(17)25/h6-7,11-12,15-16H,2-5,8-10,13-14H2,1H3. The average Bonchev–Trinajstić information content (AvgIpc) is 2.99. The van der Waals surface area contributed by atoms with E-state index in [9.17, 15) is 0 Å². The van der Waals surface area contributed by atoms with E-state index in [4.69, 9.17) is 16.6 Å². The van der Waals surface area contributed by atoms with E-state index in [1.165, 1.54) is 65.5 Å². The molecule has 0 atom stereocenters. The molecule has 2 heterocycles. The van der Waals surface area contributed by atoms with Crippen LogP contribution in [0, 0.1) is 0 Å². The topological polar surface area (TPSA) is 17.3 Å². The van der Waals surface area contributed by atoms with Gasteiger partial charge in [-0.1, -0.05) is 50.8 Å². The number of rotatable bonds is 5. The van der Waals surface area contributed by atoms with Crippen molar-refractivity contribution in [3.8, 4) is 0 Å². The molecule has 1 aromatic carbocycles. The van der Waals surface area contributed by atoms with Crippen LogP contribution in [-0.4, -0.2) is 15.3 Å². The van der Waals surface area contributed by atoms with Crippen LogP contribution in [0.5, 0.6) is 0 Å². The summed E-state index contributed by atoms with van der Waals surface area (Å²) in [6, 6.07) is 8.80. The number of fused-ring (bicyclic) bond motifs is 3. The minimum atomic E-state index is 0.589. The van der Waals surface area contributed by atoms with Crippen molar-refractivity contribution in [3.63, 3.8) is 0 Å². The lowest BCUT2D eigenvalue weighted by atomic mass is 9.88. The number of para-hydroxylation sites is 1. The van der Waals surface area contributed by atoms with Gasteiger partial charge in [-0.15, -0.1) is 11.6 Å². The molecule has 132 valence electrons. The van der Waals surface area contributed by atoms with Crippen LogP contribution < -0.4 is 0 Å². The number of halogens is 1. The molecule has 1 fully saturated rings. The minimum absolute atomic E-state index is 0.589. The molecule has 1 aliphatic rings. The highest BCUT2D eigenvalue weighted by molar-refractivity contribution is 6.18. The largest absolute Gasteiger partial charge is 0.297 e. The van der Waals surface area contributed by atoms with Gasteiger partial charge in [-0.2, -0.15) is 0 Å². The molecule has 1 saturated carbocycles. The van der Waals surface area contributed by atoms with Crippen molar-refractivity contribution in [1.82, 2.24) is 9.38 Å². The number of hydrogen-bond acceptors (Lipinski definition) is 1. The summed E-state index contributed by atoms with van der Waals surface area (Å²) < 4.78 is 2.48. The first-order chi connectivity index (χ1) is 12.3. The van der Waals surface area contributed by atoms with Crippen molar-refractivity contribution in [1.29, 1.82) is 0 Å². The Hall–Kier alpha value is -1.54. The van der Waals surface area contributed by atoms with Crippen molar-refractivity contribution in [2.75, 3.05) is 5.88 Å². The summed E-state index contributed by atoms with van der Waals surface area (Å²) in [6.07, 6.45) is 11.9. The molecular weight excluding hydrogens is 328 g/mol. The van der Waals surface area contributed by atoms with E-state index in [1.807, 2.05) is 0 Å². The summed E-state index contributed by atoms with van der Waals surface area (Å²) in [5.74, 6) is 2.52. The fourth-order valence-corrected chi connectivity index (χ4v) is 4.78. The van der Waals surface area contributed by atoms with Gasteiger partial charge in [0.15, 0.2) is 0 Å². The SMILES string of the molecule is CCCc1cnc(C2CCCCC2)n2c1c(CCCl)c1ccccc12. The summed E-state index contributed by atoms with van der Waals surface area (Å²) in [4.78, 5) is 5.00. The van der Waals surface area contributed by atoms with E-state index in [-0.39, 0.29) is 0 Å². The van der Waals surface area contributed by atoms with Crippen LogP contribution >= 0.6 is 11.6 Å². The van der Waals surface area contributed by atoms with Gasteiger partial charge in [-0.3, -0.25) is 4.40 Å². The molecule has 0 saturated heterocycles. The Morgan fingerprint density at radius 2 is 1.92 bits per heavy atom. The predicted octanol–water partition coefficient (Wildman–Crippen LogP) is 6.27. The fraction of sp³-hybridized carbons (Fsp3) is 0.500. The Morgan fingerprint density at radius 1 is 1.12 bits per heavy atom. The van der Waals surface area contributed by atoms with E-state index in [2.05, 4.69) is 41.8 Å². The maximum atomic E-state index is 6.19. The quantitative estimate of drug-likeness (QED) is 0.493. The third kappa shape index (κ3) is 2.95. The molecule has 3 heteroatoms. The minimum Gasteiger partial charge on any atom is -0.297 e. The molecule has 0 spiro atoms. The van der Waals surface area contributed by atoms with Crippen molar-refractivity contribution >= 4 is 28.0 Å². The van der Waals surface area contributed by atoms with Crippen molar-refractivity contribution in [2.24, 2.45) is 0 Å². The van der Waals surface area contributed by atoms with E-state index in [0.29, 0.717) is 11.8 Å². The number of benzene rings is 1. The molecule has 0 N–H and O–H groups in total. The predicted molar refractivity (Wildman–Crippen MR) is 107 cm³/mol. The molecule has 0 unspecified atom stereocenters. The summed E-state index contributed by atoms with van der Waals surface area (Å²) in [7, 11) is 0. The first kappa shape index (κ1) is 16.9. The highest BCUT2D eigenvalue weighted by Gasteiger charge is 2.23. The second-order valence-electron chi connectivity index (χ2n) is 7.35. The van der Waals surface area contributed by atoms with Crippen LogP contribution in [0.2, 0.25) is 0 Å². The summed E-state index contributed by atoms with van der Waals surface area (Å²) in [5.41, 5.74) is 5.48. The van der Waals surface area contributed by atoms with Gasteiger partial charge in [0.05, 0.1) is 11.0 Å². The van der Waals surface area contributed by atoms with Crippen LogP contribution in [0.15, 0.2) is 30.5 Å². The number of hydrogen-bond donors (Lipinski definition) is 0. The van der Waals surface area contributed by atoms with Crippen LogP contribution in [0.1, 0.15) is 68.3 Å². The van der Waals surface area contributed by atoms with Gasteiger partial charge in [0, 0.05) is 23.4 Å². The Labute approximate surface area is 155 Å². The second-order valence-corrected chi connectivity index (χ2v) is 7.72. The lowest BCUT2D eigenvalue weighted by molar-refractivity contribution is 0.426. The lowest BCUT2D eigenvalue weighted by Crippen LogP contribution is -2.12. The number of aromatic nitrogens is 2. The van der Waals surface area contributed by atoms with Crippen molar-refractivity contribution in [3.05, 3.63) is 47.4 Å². The van der Waals surface area contributed by atoms with Crippen LogP contribution in [0.3, 0.4) is 0 Å². The van der Waals surface area contributed by atoms with Gasteiger partial charge in [-0.25, -0.2) is 4.98 Å². The monoisotopic (exact) mass is 354 g/mol. The molecule has 0 bridgehead atoms. The van der Waals surface area contributed by atoms with Gasteiger partial charge in [0.1, 0.15) is 5.82 Å². The Bertz CT molecular complexity index is 874. The molecule has 2 nitrogen and oxygen atoms in total. The number of aryl methyl sites for hydroxylation is 2. The molecule has 0 aliphatic heterocycles. The van der Waals surface area contributed by atoms with E-state index < -0.39 is 0 Å². The lowest BCUT2D eigenvalue weighted by Gasteiger charge is -2.23. The average molecular weight is 355 g/mol. The van der Waals surface area contributed by atoms with Gasteiger partial charge in [-0.05, 0) is 42.9 Å². The van der Waals surface area contributed by atoms with Gasteiger partial charge < -0.3 is 0 Å². The molecular formula is C22H27ClN2. The third-order valence-electron chi connectivity index (χ3n) is 5.70. The van der Waals surface area contributed by atoms with Crippen LogP contribution in [0.4, 0.5) is 0 Å². The number of nitrogens with zero attached hydrogens (tertiary/aromatic N) is 2. The zero-order valence-corrected chi connectivity index (χ0v) is 15.9. The normalized spacial score (nSPS) is 16.1. The Balaban J connectivity index is 2.04. The molecule has 25 heavy (non-hydrogen) atoms. The Morgan fingerprint density at radius 3 is 2.68 bits per heavy atom. The zero-order chi connectivity index (χ0) is 17.2. The van der Waals surface area contributed by atoms with E-state index in [1.54, 1.807) is 0 Å². The van der Waals surface area contributed by atoms with Crippen molar-refractivity contribution < 1.29 is 0 Å². The second kappa shape index (κ2) is 7.37. The summed E-state index contributed by atoms with van der Waals surface area (Å²) >= 11 is 6.19. The molecule has 0 amide bonds. The summed E-state index contributed by atoms with van der Waals surface area (Å²) in [6.45, 7) is 2.25. The van der Waals surface area contributed by atoms with Crippen molar-refractivity contribution in [2.45, 2.75) is 64.2 Å². The maximum absolute atomic E-state index is 6.19. The third-order valence-corrected chi connectivity index (χ3v) is 5.89. The maximum Gasteiger partial charge on any atom is 0.116 e. The van der Waals surface area contributed by atoms with Gasteiger partial charge in [0.2, 0.25) is 0 Å². The fourth-order valence-electron chi connectivity index (χ4n) is 4.59. The smallest absolute Gasteiger partial charge is 0.116 e. The molecule has 1 aliphatic carbocycles. The highest BCUT2D eigenvalue weighted by atomic mass is 35.5. The van der Waals surface area contributed by atoms with Gasteiger partial charge >= 0.3 is 0 Å². The van der Waals surface area contributed by atoms with E-state index in [0.717, 1.165) is 19.3 Å². The van der Waals surface area contributed by atoms with Gasteiger partial charge in [0.25, 0.3) is 0 Å². The molecule has 2 aromatic heterocycles. The first-order valence-electron chi connectivity index (χ1n) is 9.81. The number of alkyl halides is 1. The Kier molecular flexibility index (Phi) is 4.98.